The standard InChI is InChI=1S/C26H3F9N4/c27-22-14(7-39)23(28)24(29)18-13(6-38)16-12-3-15(25(30,31)32)8(4-36)1-10(12)11-2-9(5-37)21(26(33,34)35)19(17(11)16)20(18)22/h1-3H. The third-order valence-electron chi connectivity index (χ3n) is 6.42. The van der Waals surface area contributed by atoms with E-state index in [4.69, 9.17) is 5.26 Å². The molecule has 0 aromatic heterocycles. The first-order chi connectivity index (χ1) is 18.2. The second-order valence-corrected chi connectivity index (χ2v) is 8.30. The molecule has 190 valence electrons. The molecule has 0 spiro atoms. The minimum atomic E-state index is -5.45. The van der Waals surface area contributed by atoms with Gasteiger partial charge in [0.15, 0.2) is 17.5 Å². The van der Waals surface area contributed by atoms with E-state index >= 15 is 8.78 Å². The Labute approximate surface area is 210 Å². The maximum Gasteiger partial charge on any atom is 0.418 e. The van der Waals surface area contributed by atoms with Crippen molar-refractivity contribution in [2.75, 3.05) is 0 Å². The molecular weight excluding hydrogens is 539 g/mol. The van der Waals surface area contributed by atoms with E-state index in [0.717, 1.165) is 6.07 Å². The lowest BCUT2D eigenvalue weighted by atomic mass is 9.86. The van der Waals surface area contributed by atoms with Gasteiger partial charge in [-0.15, -0.1) is 0 Å². The van der Waals surface area contributed by atoms with Crippen LogP contribution < -0.4 is 0 Å². The maximum absolute atomic E-state index is 15.5. The van der Waals surface area contributed by atoms with Crippen molar-refractivity contribution in [3.8, 4) is 46.5 Å². The second kappa shape index (κ2) is 7.86. The highest BCUT2D eigenvalue weighted by Crippen LogP contribution is 2.57. The summed E-state index contributed by atoms with van der Waals surface area (Å²) in [7, 11) is 0. The molecule has 0 fully saturated rings. The Morgan fingerprint density at radius 1 is 0.513 bits per heavy atom. The van der Waals surface area contributed by atoms with Crippen LogP contribution >= 0.6 is 0 Å². The lowest BCUT2D eigenvalue weighted by molar-refractivity contribution is -0.138. The van der Waals surface area contributed by atoms with Crippen LogP contribution in [0.1, 0.15) is 33.4 Å². The summed E-state index contributed by atoms with van der Waals surface area (Å²) in [5.74, 6) is -6.19. The van der Waals surface area contributed by atoms with Gasteiger partial charge in [-0.2, -0.15) is 47.4 Å². The minimum Gasteiger partial charge on any atom is -0.205 e. The second-order valence-electron chi connectivity index (χ2n) is 8.30. The Kier molecular flexibility index (Phi) is 5.12. The Morgan fingerprint density at radius 2 is 1.10 bits per heavy atom. The number of nitrogens with zero attached hydrogens (tertiary/aromatic N) is 4. The normalized spacial score (nSPS) is 12.1. The molecule has 0 radical (unpaired) electrons. The average Bonchev–Trinajstić information content (AvgIpc) is 3.19. The van der Waals surface area contributed by atoms with Crippen LogP contribution in [0.3, 0.4) is 0 Å². The SMILES string of the molecule is N#Cc1cc2c(cc1C(F)(F)F)-c1c(C#N)c3c(F)c(F)c(C#N)c(F)c3c3c(C(F)(F)F)c(C#N)cc-2c13. The van der Waals surface area contributed by atoms with Crippen LogP contribution in [0.2, 0.25) is 0 Å². The van der Waals surface area contributed by atoms with E-state index in [9.17, 15) is 46.5 Å². The van der Waals surface area contributed by atoms with Gasteiger partial charge in [0.25, 0.3) is 0 Å². The lowest BCUT2D eigenvalue weighted by Crippen LogP contribution is -2.11. The summed E-state index contributed by atoms with van der Waals surface area (Å²) in [6.45, 7) is 0. The molecule has 0 bridgehead atoms. The van der Waals surface area contributed by atoms with Gasteiger partial charge in [0.2, 0.25) is 0 Å². The fourth-order valence-electron chi connectivity index (χ4n) is 5.00. The Bertz CT molecular complexity index is 2010. The van der Waals surface area contributed by atoms with Gasteiger partial charge in [-0.25, -0.2) is 13.2 Å². The predicted molar refractivity (Wildman–Crippen MR) is 115 cm³/mol. The Morgan fingerprint density at radius 3 is 1.62 bits per heavy atom. The number of halogens is 9. The van der Waals surface area contributed by atoms with E-state index in [1.807, 2.05) is 0 Å². The van der Waals surface area contributed by atoms with E-state index < -0.39 is 95.9 Å². The third-order valence-corrected chi connectivity index (χ3v) is 6.42. The number of nitriles is 4. The molecule has 0 N–H and O–H groups in total. The number of fused-ring (bicyclic) bond motifs is 5. The largest absolute Gasteiger partial charge is 0.418 e. The molecule has 0 amide bonds. The number of alkyl halides is 6. The Hall–Kier alpha value is -5.27. The van der Waals surface area contributed by atoms with Crippen molar-refractivity contribution in [2.24, 2.45) is 0 Å². The van der Waals surface area contributed by atoms with Gasteiger partial charge in [-0.3, -0.25) is 0 Å². The molecule has 1 aliphatic rings. The van der Waals surface area contributed by atoms with E-state index in [2.05, 4.69) is 0 Å². The van der Waals surface area contributed by atoms with Gasteiger partial charge in [0.1, 0.15) is 17.7 Å². The summed E-state index contributed by atoms with van der Waals surface area (Å²) in [6, 6.07) is 6.69. The van der Waals surface area contributed by atoms with E-state index in [-0.39, 0.29) is 11.1 Å². The van der Waals surface area contributed by atoms with Crippen LogP contribution in [0.4, 0.5) is 39.5 Å². The topological polar surface area (TPSA) is 95.2 Å². The summed E-state index contributed by atoms with van der Waals surface area (Å²) >= 11 is 0. The number of hydrogen-bond acceptors (Lipinski definition) is 4. The van der Waals surface area contributed by atoms with Gasteiger partial charge in [0, 0.05) is 27.1 Å². The molecule has 4 nitrogen and oxygen atoms in total. The molecule has 39 heavy (non-hydrogen) atoms. The molecule has 1 aliphatic carbocycles. The molecular formula is C26H3F9N4. The van der Waals surface area contributed by atoms with Crippen molar-refractivity contribution in [1.82, 2.24) is 0 Å². The van der Waals surface area contributed by atoms with E-state index in [1.165, 1.54) is 18.2 Å². The first kappa shape index (κ1) is 25.4. The molecule has 0 saturated carbocycles. The highest BCUT2D eigenvalue weighted by molar-refractivity contribution is 6.27. The lowest BCUT2D eigenvalue weighted by Gasteiger charge is -2.19. The van der Waals surface area contributed by atoms with Crippen LogP contribution in [0.25, 0.3) is 43.8 Å². The zero-order valence-electron chi connectivity index (χ0n) is 18.4. The Balaban J connectivity index is 2.25. The van der Waals surface area contributed by atoms with Crippen molar-refractivity contribution in [1.29, 1.82) is 21.0 Å². The molecule has 4 aromatic rings. The van der Waals surface area contributed by atoms with Crippen LogP contribution in [0.15, 0.2) is 18.2 Å². The monoisotopic (exact) mass is 542 g/mol. The molecule has 0 aliphatic heterocycles. The van der Waals surface area contributed by atoms with Gasteiger partial charge in [-0.05, 0) is 34.9 Å². The first-order valence-corrected chi connectivity index (χ1v) is 10.3. The predicted octanol–water partition coefficient (Wildman–Crippen LogP) is 7.58. The van der Waals surface area contributed by atoms with E-state index in [1.54, 1.807) is 0 Å². The van der Waals surface area contributed by atoms with E-state index in [0.29, 0.717) is 18.2 Å². The fourth-order valence-corrected chi connectivity index (χ4v) is 5.00. The zero-order valence-corrected chi connectivity index (χ0v) is 18.4. The molecule has 5 rings (SSSR count). The van der Waals surface area contributed by atoms with Crippen molar-refractivity contribution >= 4 is 21.5 Å². The zero-order chi connectivity index (χ0) is 28.8. The molecule has 4 aromatic carbocycles. The van der Waals surface area contributed by atoms with Crippen LogP contribution in [-0.2, 0) is 12.4 Å². The molecule has 0 saturated heterocycles. The average molecular weight is 542 g/mol. The highest BCUT2D eigenvalue weighted by Gasteiger charge is 2.43. The van der Waals surface area contributed by atoms with Gasteiger partial charge >= 0.3 is 12.4 Å². The molecule has 0 atom stereocenters. The summed E-state index contributed by atoms with van der Waals surface area (Å²) in [5, 5.41) is 33.2. The summed E-state index contributed by atoms with van der Waals surface area (Å²) < 4.78 is 130. The van der Waals surface area contributed by atoms with Gasteiger partial charge in [-0.1, -0.05) is 0 Å². The summed E-state index contributed by atoms with van der Waals surface area (Å²) in [4.78, 5) is 0. The molecule has 0 unspecified atom stereocenters. The first-order valence-electron chi connectivity index (χ1n) is 10.3. The van der Waals surface area contributed by atoms with Crippen molar-refractivity contribution < 1.29 is 39.5 Å². The molecule has 13 heteroatoms. The van der Waals surface area contributed by atoms with Crippen LogP contribution in [-0.4, -0.2) is 0 Å². The fraction of sp³-hybridized carbons (Fsp3) is 0.0769. The highest BCUT2D eigenvalue weighted by atomic mass is 19.4. The maximum atomic E-state index is 15.5. The van der Waals surface area contributed by atoms with Crippen molar-refractivity contribution in [2.45, 2.75) is 12.4 Å². The number of benzene rings is 4. The van der Waals surface area contributed by atoms with Crippen molar-refractivity contribution in [3.63, 3.8) is 0 Å². The van der Waals surface area contributed by atoms with Gasteiger partial charge in [0.05, 0.1) is 40.0 Å². The smallest absolute Gasteiger partial charge is 0.205 e. The summed E-state index contributed by atoms with van der Waals surface area (Å²) in [5.41, 5.74) is -10.1. The summed E-state index contributed by atoms with van der Waals surface area (Å²) in [6.07, 6.45) is -10.6. The number of rotatable bonds is 0. The minimum absolute atomic E-state index is 0.335. The number of hydrogen-bond donors (Lipinski definition) is 0. The van der Waals surface area contributed by atoms with Crippen LogP contribution in [0, 0.1) is 62.8 Å². The van der Waals surface area contributed by atoms with Crippen molar-refractivity contribution in [3.05, 3.63) is 69.0 Å². The van der Waals surface area contributed by atoms with Gasteiger partial charge < -0.3 is 0 Å². The molecule has 0 heterocycles. The third kappa shape index (κ3) is 3.17. The van der Waals surface area contributed by atoms with Crippen LogP contribution in [0.5, 0.6) is 0 Å². The quantitative estimate of drug-likeness (QED) is 0.115.